The molecule has 1 aromatic carbocycles. The highest BCUT2D eigenvalue weighted by Gasteiger charge is 2.91. The second-order valence-corrected chi connectivity index (χ2v) is 6.18. The second kappa shape index (κ2) is 9.01. The molecule has 0 aromatic heterocycles. The van der Waals surface area contributed by atoms with Gasteiger partial charge in [-0.15, -0.1) is 0 Å². The van der Waals surface area contributed by atoms with Crippen LogP contribution >= 0.6 is 0 Å². The molecule has 1 rings (SSSR count). The van der Waals surface area contributed by atoms with Crippen LogP contribution in [0.3, 0.4) is 0 Å². The topological polar surface area (TPSA) is 59.9 Å². The fourth-order valence-corrected chi connectivity index (χ4v) is 2.08. The van der Waals surface area contributed by atoms with Crippen LogP contribution in [0.15, 0.2) is 23.3 Å². The van der Waals surface area contributed by atoms with Crippen LogP contribution in [0.4, 0.5) is 57.1 Å². The van der Waals surface area contributed by atoms with Crippen molar-refractivity contribution in [2.45, 2.75) is 35.8 Å². The number of hydrogen-bond donors (Lipinski definition) is 1. The van der Waals surface area contributed by atoms with Crippen molar-refractivity contribution in [1.29, 1.82) is 0 Å². The van der Waals surface area contributed by atoms with Crippen molar-refractivity contribution in [3.05, 3.63) is 23.8 Å². The van der Waals surface area contributed by atoms with E-state index in [0.717, 1.165) is 13.2 Å². The number of carbonyl (C=O) groups excluding carboxylic acids is 1. The normalized spacial score (nSPS) is 14.3. The zero-order valence-electron chi connectivity index (χ0n) is 16.4. The van der Waals surface area contributed by atoms with Gasteiger partial charge in [-0.05, 0) is 18.2 Å². The molecule has 0 unspecified atom stereocenters. The number of nitrogens with one attached hydrogen (secondary N) is 1. The summed E-state index contributed by atoms with van der Waals surface area (Å²) < 4.78 is 179. The van der Waals surface area contributed by atoms with Crippen molar-refractivity contribution < 1.29 is 71.3 Å². The molecule has 18 heteroatoms. The van der Waals surface area contributed by atoms with Gasteiger partial charge in [-0.2, -0.15) is 62.2 Å². The maximum Gasteiger partial charge on any atom is 0.460 e. The first-order chi connectivity index (χ1) is 15.1. The van der Waals surface area contributed by atoms with Gasteiger partial charge in [0.1, 0.15) is 11.5 Å². The molecule has 1 amide bonds. The number of amides is 1. The molecule has 0 spiro atoms. The van der Waals surface area contributed by atoms with Crippen LogP contribution < -0.4 is 14.9 Å². The summed E-state index contributed by atoms with van der Waals surface area (Å²) in [6.07, 6.45) is -7.13. The van der Waals surface area contributed by atoms with Gasteiger partial charge in [0.25, 0.3) is 0 Å². The van der Waals surface area contributed by atoms with Crippen molar-refractivity contribution in [3.63, 3.8) is 0 Å². The molecule has 1 aromatic rings. The minimum atomic E-state index is -8.11. The lowest BCUT2D eigenvalue weighted by atomic mass is 9.93. The SMILES string of the molecule is COc1ccc(OC)c(/C=N\NC(=O)C(F)(F)C(F)(F)C(F)(F)C(F)(F)C(F)(F)C(F)(F)F)c1. The summed E-state index contributed by atoms with van der Waals surface area (Å²) in [7, 11) is 2.26. The van der Waals surface area contributed by atoms with E-state index >= 15 is 0 Å². The summed E-state index contributed by atoms with van der Waals surface area (Å²) in [5, 5.41) is 2.70. The Labute approximate surface area is 180 Å². The first-order valence-corrected chi connectivity index (χ1v) is 8.14. The number of halogens is 13. The van der Waals surface area contributed by atoms with Crippen molar-refractivity contribution in [2.24, 2.45) is 5.10 Å². The molecule has 0 atom stereocenters. The van der Waals surface area contributed by atoms with E-state index in [1.165, 1.54) is 19.2 Å². The van der Waals surface area contributed by atoms with Gasteiger partial charge in [0.2, 0.25) is 0 Å². The van der Waals surface area contributed by atoms with Gasteiger partial charge >= 0.3 is 41.7 Å². The number of nitrogens with zero attached hydrogens (tertiary/aromatic N) is 1. The number of methoxy groups -OCH3 is 2. The molecule has 0 saturated carbocycles. The Kier molecular flexibility index (Phi) is 7.71. The van der Waals surface area contributed by atoms with E-state index in [0.29, 0.717) is 11.6 Å². The third kappa shape index (κ3) is 4.53. The zero-order chi connectivity index (χ0) is 27.0. The molecule has 5 nitrogen and oxygen atoms in total. The van der Waals surface area contributed by atoms with Crippen molar-refractivity contribution in [2.75, 3.05) is 14.2 Å². The van der Waals surface area contributed by atoms with Crippen LogP contribution in [0.1, 0.15) is 5.56 Å². The maximum absolute atomic E-state index is 13.7. The third-order valence-corrected chi connectivity index (χ3v) is 4.03. The van der Waals surface area contributed by atoms with E-state index in [4.69, 9.17) is 9.47 Å². The highest BCUT2D eigenvalue weighted by Crippen LogP contribution is 2.60. The van der Waals surface area contributed by atoms with Crippen LogP contribution in [0.2, 0.25) is 0 Å². The Morgan fingerprint density at radius 3 is 1.74 bits per heavy atom. The molecule has 0 bridgehead atoms. The first-order valence-electron chi connectivity index (χ1n) is 8.14. The Hall–Kier alpha value is -2.95. The Morgan fingerprint density at radius 1 is 0.794 bits per heavy atom. The van der Waals surface area contributed by atoms with Gasteiger partial charge in [-0.3, -0.25) is 4.79 Å². The van der Waals surface area contributed by atoms with Gasteiger partial charge in [0.15, 0.2) is 0 Å². The molecule has 0 aliphatic heterocycles. The molecule has 0 aliphatic rings. The fraction of sp³-hybridized carbons (Fsp3) is 0.500. The number of alkyl halides is 13. The van der Waals surface area contributed by atoms with E-state index < -0.39 is 41.7 Å². The molecule has 1 N–H and O–H groups in total. The molecular weight excluding hydrogens is 515 g/mol. The highest BCUT2D eigenvalue weighted by atomic mass is 19.4. The average molecular weight is 526 g/mol. The number of carbonyl (C=O) groups is 1. The Bertz CT molecular complexity index is 929. The lowest BCUT2D eigenvalue weighted by molar-refractivity contribution is -0.436. The molecule has 0 saturated heterocycles. The molecule has 0 aliphatic carbocycles. The molecular formula is C16H11F13N2O3. The van der Waals surface area contributed by atoms with Gasteiger partial charge in [-0.1, -0.05) is 0 Å². The fourth-order valence-electron chi connectivity index (χ4n) is 2.08. The Balaban J connectivity index is 3.29. The zero-order valence-corrected chi connectivity index (χ0v) is 16.4. The van der Waals surface area contributed by atoms with E-state index in [1.807, 2.05) is 0 Å². The van der Waals surface area contributed by atoms with Crippen LogP contribution in [-0.4, -0.2) is 62.1 Å². The number of hydrogen-bond acceptors (Lipinski definition) is 4. The van der Waals surface area contributed by atoms with Crippen molar-refractivity contribution >= 4 is 12.1 Å². The largest absolute Gasteiger partial charge is 0.497 e. The summed E-state index contributed by atoms with van der Waals surface area (Å²) in [6.45, 7) is 0. The lowest BCUT2D eigenvalue weighted by Gasteiger charge is -2.38. The van der Waals surface area contributed by atoms with Gasteiger partial charge < -0.3 is 9.47 Å². The van der Waals surface area contributed by atoms with E-state index in [9.17, 15) is 61.9 Å². The number of rotatable bonds is 9. The minimum Gasteiger partial charge on any atom is -0.497 e. The van der Waals surface area contributed by atoms with E-state index in [2.05, 4.69) is 5.10 Å². The summed E-state index contributed by atoms with van der Waals surface area (Å²) in [5.41, 5.74) is 0.380. The summed E-state index contributed by atoms with van der Waals surface area (Å²) in [5.74, 6) is -42.3. The standard InChI is InChI=1S/C16H11F13N2O3/c1-33-8-3-4-9(34-2)7(5-8)6-30-31-10(32)11(17,18)12(19,20)13(21,22)14(23,24)15(25,26)16(27,28)29/h3-6H,1-2H3,(H,31,32)/b30-6-. The lowest BCUT2D eigenvalue weighted by Crippen LogP contribution is -2.71. The molecule has 0 radical (unpaired) electrons. The number of benzene rings is 1. The smallest absolute Gasteiger partial charge is 0.460 e. The Morgan fingerprint density at radius 2 is 1.29 bits per heavy atom. The first kappa shape index (κ1) is 29.1. The second-order valence-electron chi connectivity index (χ2n) is 6.18. The number of hydrazone groups is 1. The van der Waals surface area contributed by atoms with Gasteiger partial charge in [-0.25, -0.2) is 5.43 Å². The van der Waals surface area contributed by atoms with Crippen LogP contribution in [0.5, 0.6) is 11.5 Å². The number of ether oxygens (including phenoxy) is 2. The predicted octanol–water partition coefficient (Wildman–Crippen LogP) is 4.89. The van der Waals surface area contributed by atoms with Crippen LogP contribution in [0.25, 0.3) is 0 Å². The third-order valence-electron chi connectivity index (χ3n) is 4.03. The summed E-state index contributed by atoms with van der Waals surface area (Å²) >= 11 is 0. The van der Waals surface area contributed by atoms with Crippen molar-refractivity contribution in [3.8, 4) is 11.5 Å². The molecule has 194 valence electrons. The minimum absolute atomic E-state index is 0.0814. The summed E-state index contributed by atoms with van der Waals surface area (Å²) in [4.78, 5) is 11.3. The van der Waals surface area contributed by atoms with E-state index in [1.54, 1.807) is 0 Å². The summed E-state index contributed by atoms with van der Waals surface area (Å²) in [6, 6.07) is 3.59. The highest BCUT2D eigenvalue weighted by molar-refractivity contribution is 5.88. The molecule has 0 heterocycles. The molecule has 34 heavy (non-hydrogen) atoms. The monoisotopic (exact) mass is 526 g/mol. The van der Waals surface area contributed by atoms with Crippen LogP contribution in [-0.2, 0) is 4.79 Å². The predicted molar refractivity (Wildman–Crippen MR) is 86.1 cm³/mol. The van der Waals surface area contributed by atoms with Crippen LogP contribution in [0, 0.1) is 0 Å². The molecule has 0 fully saturated rings. The van der Waals surface area contributed by atoms with Gasteiger partial charge in [0, 0.05) is 5.56 Å². The van der Waals surface area contributed by atoms with E-state index in [-0.39, 0.29) is 17.1 Å². The average Bonchev–Trinajstić information content (AvgIpc) is 2.71. The van der Waals surface area contributed by atoms with Crippen molar-refractivity contribution in [1.82, 2.24) is 5.43 Å². The maximum atomic E-state index is 13.7. The van der Waals surface area contributed by atoms with Gasteiger partial charge in [0.05, 0.1) is 20.4 Å². The quantitative estimate of drug-likeness (QED) is 0.283.